The highest BCUT2D eigenvalue weighted by Gasteiger charge is 2.21. The fraction of sp³-hybridized carbons (Fsp3) is 0.300. The van der Waals surface area contributed by atoms with Crippen LogP contribution in [-0.2, 0) is 13.0 Å². The number of ketones is 1. The molecule has 4 aromatic rings. The third kappa shape index (κ3) is 6.45. The van der Waals surface area contributed by atoms with Gasteiger partial charge in [-0.2, -0.15) is 0 Å². The number of nitrogens with one attached hydrogen (secondary N) is 1. The first kappa shape index (κ1) is 25.2. The number of hydrogen-bond acceptors (Lipinski definition) is 6. The van der Waals surface area contributed by atoms with Gasteiger partial charge in [0.15, 0.2) is 5.78 Å². The number of anilines is 2. The van der Waals surface area contributed by atoms with Gasteiger partial charge >= 0.3 is 0 Å². The number of aromatic nitrogens is 2. The molecule has 5 rings (SSSR count). The number of halogens is 1. The van der Waals surface area contributed by atoms with Crippen molar-refractivity contribution in [2.75, 3.05) is 30.7 Å². The zero-order valence-electron chi connectivity index (χ0n) is 20.9. The number of carbonyl (C=O) groups is 1. The molecule has 0 aliphatic carbocycles. The number of pyridine rings is 2. The summed E-state index contributed by atoms with van der Waals surface area (Å²) in [4.78, 5) is 24.3. The topological polar surface area (TPSA) is 84.1 Å². The number of hydrogen-bond donors (Lipinski definition) is 2. The number of benzene rings is 2. The molecule has 2 aromatic carbocycles. The van der Waals surface area contributed by atoms with Crippen LogP contribution in [0.25, 0.3) is 10.8 Å². The molecular formula is C30H32ClN5O. The molecule has 0 spiro atoms. The summed E-state index contributed by atoms with van der Waals surface area (Å²) in [5.74, 6) is 1.72. The smallest absolute Gasteiger partial charge is 0.166 e. The standard InChI is InChI=1S/C30H32ClN5O/c31-25-17-27(28(37)9-7-21-6-8-26-24(16-21)10-13-33-29(26)32)30(35-19-25)34-18-22-11-14-36(15-12-22)20-23-4-2-1-3-5-23/h1-6,8,10,13,16-17,19,22H,7,9,11-12,14-15,18,20H2,(H2,32,33)(H,34,35). The van der Waals surface area contributed by atoms with Crippen molar-refractivity contribution in [1.29, 1.82) is 0 Å². The summed E-state index contributed by atoms with van der Waals surface area (Å²) in [6.45, 7) is 3.96. The molecule has 7 heteroatoms. The lowest BCUT2D eigenvalue weighted by atomic mass is 9.96. The van der Waals surface area contributed by atoms with Gasteiger partial charge in [-0.1, -0.05) is 60.1 Å². The first-order chi connectivity index (χ1) is 18.0. The third-order valence-corrected chi connectivity index (χ3v) is 7.38. The monoisotopic (exact) mass is 513 g/mol. The summed E-state index contributed by atoms with van der Waals surface area (Å²) in [7, 11) is 0. The van der Waals surface area contributed by atoms with E-state index in [1.54, 1.807) is 18.5 Å². The fourth-order valence-corrected chi connectivity index (χ4v) is 5.18. The minimum atomic E-state index is 0.0320. The lowest BCUT2D eigenvalue weighted by Gasteiger charge is -2.32. The van der Waals surface area contributed by atoms with Crippen LogP contribution in [0.4, 0.5) is 11.6 Å². The summed E-state index contributed by atoms with van der Waals surface area (Å²) in [5, 5.41) is 5.88. The first-order valence-corrected chi connectivity index (χ1v) is 13.2. The minimum Gasteiger partial charge on any atom is -0.383 e. The van der Waals surface area contributed by atoms with Gasteiger partial charge in [-0.05, 0) is 66.9 Å². The molecule has 0 atom stereocenters. The molecule has 2 aromatic heterocycles. The van der Waals surface area contributed by atoms with Crippen LogP contribution in [0.2, 0.25) is 5.02 Å². The van der Waals surface area contributed by atoms with Gasteiger partial charge < -0.3 is 11.1 Å². The predicted octanol–water partition coefficient (Wildman–Crippen LogP) is 6.01. The molecule has 1 saturated heterocycles. The van der Waals surface area contributed by atoms with Gasteiger partial charge in [0.1, 0.15) is 11.6 Å². The normalized spacial score (nSPS) is 14.6. The maximum atomic E-state index is 13.2. The van der Waals surface area contributed by atoms with Gasteiger partial charge in [-0.25, -0.2) is 9.97 Å². The van der Waals surface area contributed by atoms with Crippen molar-refractivity contribution in [3.63, 3.8) is 0 Å². The maximum Gasteiger partial charge on any atom is 0.166 e. The highest BCUT2D eigenvalue weighted by atomic mass is 35.5. The number of piperidine rings is 1. The molecule has 3 heterocycles. The second kappa shape index (κ2) is 11.7. The minimum absolute atomic E-state index is 0.0320. The number of nitrogens with two attached hydrogens (primary N) is 1. The number of carbonyl (C=O) groups excluding carboxylic acids is 1. The second-order valence-corrected chi connectivity index (χ2v) is 10.2. The summed E-state index contributed by atoms with van der Waals surface area (Å²) in [6, 6.07) is 20.3. The van der Waals surface area contributed by atoms with Crippen LogP contribution in [0.3, 0.4) is 0 Å². The number of nitrogens with zero attached hydrogens (tertiary/aromatic N) is 3. The van der Waals surface area contributed by atoms with Crippen molar-refractivity contribution in [3.8, 4) is 0 Å². The highest BCUT2D eigenvalue weighted by molar-refractivity contribution is 6.31. The molecule has 0 amide bonds. The molecule has 0 saturated carbocycles. The zero-order valence-corrected chi connectivity index (χ0v) is 21.6. The Morgan fingerprint density at radius 3 is 2.65 bits per heavy atom. The molecule has 0 radical (unpaired) electrons. The van der Waals surface area contributed by atoms with E-state index in [1.807, 2.05) is 18.2 Å². The Balaban J connectivity index is 1.16. The van der Waals surface area contributed by atoms with Crippen molar-refractivity contribution >= 4 is 39.8 Å². The van der Waals surface area contributed by atoms with Gasteiger partial charge in [0, 0.05) is 37.3 Å². The molecule has 0 bridgehead atoms. The van der Waals surface area contributed by atoms with Crippen LogP contribution >= 0.6 is 11.6 Å². The average molecular weight is 514 g/mol. The first-order valence-electron chi connectivity index (χ1n) is 12.9. The Hall–Kier alpha value is -3.48. The highest BCUT2D eigenvalue weighted by Crippen LogP contribution is 2.25. The summed E-state index contributed by atoms with van der Waals surface area (Å²) >= 11 is 6.22. The number of likely N-dealkylation sites (tertiary alicyclic amines) is 1. The van der Waals surface area contributed by atoms with Gasteiger partial charge in [-0.15, -0.1) is 0 Å². The summed E-state index contributed by atoms with van der Waals surface area (Å²) < 4.78 is 0. The number of Topliss-reactive ketones (excluding diaryl/α,β-unsaturated/α-hetero) is 1. The van der Waals surface area contributed by atoms with E-state index in [4.69, 9.17) is 17.3 Å². The van der Waals surface area contributed by atoms with Crippen LogP contribution in [0.1, 0.15) is 40.7 Å². The van der Waals surface area contributed by atoms with Crippen LogP contribution in [0.15, 0.2) is 73.1 Å². The van der Waals surface area contributed by atoms with Crippen LogP contribution in [-0.4, -0.2) is 40.3 Å². The van der Waals surface area contributed by atoms with Crippen molar-refractivity contribution in [2.24, 2.45) is 5.92 Å². The molecule has 37 heavy (non-hydrogen) atoms. The Morgan fingerprint density at radius 1 is 1.03 bits per heavy atom. The maximum absolute atomic E-state index is 13.2. The van der Waals surface area contributed by atoms with E-state index >= 15 is 0 Å². The lowest BCUT2D eigenvalue weighted by molar-refractivity contribution is 0.0983. The second-order valence-electron chi connectivity index (χ2n) is 9.81. The largest absolute Gasteiger partial charge is 0.383 e. The van der Waals surface area contributed by atoms with E-state index in [2.05, 4.69) is 56.6 Å². The Kier molecular flexibility index (Phi) is 7.97. The van der Waals surface area contributed by atoms with E-state index in [9.17, 15) is 4.79 Å². The predicted molar refractivity (Wildman–Crippen MR) is 151 cm³/mol. The Morgan fingerprint density at radius 2 is 1.84 bits per heavy atom. The summed E-state index contributed by atoms with van der Waals surface area (Å²) in [6.07, 6.45) is 6.56. The zero-order chi connectivity index (χ0) is 25.6. The van der Waals surface area contributed by atoms with Gasteiger partial charge in [-0.3, -0.25) is 9.69 Å². The SMILES string of the molecule is Nc1nccc2cc(CCC(=O)c3cc(Cl)cnc3NCC3CCN(Cc4ccccc4)CC3)ccc12. The van der Waals surface area contributed by atoms with Crippen molar-refractivity contribution in [3.05, 3.63) is 94.8 Å². The van der Waals surface area contributed by atoms with E-state index < -0.39 is 0 Å². The van der Waals surface area contributed by atoms with E-state index in [1.165, 1.54) is 5.56 Å². The van der Waals surface area contributed by atoms with E-state index in [0.29, 0.717) is 41.0 Å². The molecular weight excluding hydrogens is 482 g/mol. The van der Waals surface area contributed by atoms with Gasteiger partial charge in [0.2, 0.25) is 0 Å². The number of nitrogen functional groups attached to an aromatic ring is 1. The quantitative estimate of drug-likeness (QED) is 0.267. The average Bonchev–Trinajstić information content (AvgIpc) is 2.92. The summed E-state index contributed by atoms with van der Waals surface area (Å²) in [5.41, 5.74) is 8.96. The molecule has 190 valence electrons. The fourth-order valence-electron chi connectivity index (χ4n) is 5.02. The molecule has 6 nitrogen and oxygen atoms in total. The molecule has 1 fully saturated rings. The Bertz CT molecular complexity index is 1370. The molecule has 3 N–H and O–H groups in total. The van der Waals surface area contributed by atoms with Gasteiger partial charge in [0.25, 0.3) is 0 Å². The molecule has 1 aliphatic heterocycles. The van der Waals surface area contributed by atoms with Crippen molar-refractivity contribution < 1.29 is 4.79 Å². The van der Waals surface area contributed by atoms with E-state index in [-0.39, 0.29) is 5.78 Å². The number of aryl methyl sites for hydroxylation is 1. The third-order valence-electron chi connectivity index (χ3n) is 7.17. The van der Waals surface area contributed by atoms with Crippen molar-refractivity contribution in [2.45, 2.75) is 32.2 Å². The van der Waals surface area contributed by atoms with Crippen LogP contribution in [0, 0.1) is 5.92 Å². The molecule has 1 aliphatic rings. The lowest BCUT2D eigenvalue weighted by Crippen LogP contribution is -2.35. The van der Waals surface area contributed by atoms with Crippen molar-refractivity contribution in [1.82, 2.24) is 14.9 Å². The number of rotatable bonds is 9. The number of fused-ring (bicyclic) bond motifs is 1. The Labute approximate surface area is 222 Å². The van der Waals surface area contributed by atoms with Crippen LogP contribution < -0.4 is 11.1 Å². The van der Waals surface area contributed by atoms with Crippen LogP contribution in [0.5, 0.6) is 0 Å². The van der Waals surface area contributed by atoms with Gasteiger partial charge in [0.05, 0.1) is 10.6 Å². The van der Waals surface area contributed by atoms with E-state index in [0.717, 1.165) is 55.4 Å². The molecule has 0 unspecified atom stereocenters.